The van der Waals surface area contributed by atoms with Crippen molar-refractivity contribution in [3.63, 3.8) is 0 Å². The summed E-state index contributed by atoms with van der Waals surface area (Å²) in [5.74, 6) is 1.56. The van der Waals surface area contributed by atoms with Crippen molar-refractivity contribution in [3.8, 4) is 0 Å². The van der Waals surface area contributed by atoms with Gasteiger partial charge in [0.25, 0.3) is 0 Å². The molecule has 1 aliphatic rings. The van der Waals surface area contributed by atoms with E-state index >= 15 is 0 Å². The maximum Gasteiger partial charge on any atom is 0.0377 e. The minimum Gasteiger partial charge on any atom is -0.316 e. The van der Waals surface area contributed by atoms with Gasteiger partial charge in [-0.2, -0.15) is 0 Å². The van der Waals surface area contributed by atoms with Gasteiger partial charge in [-0.05, 0) is 53.7 Å². The Labute approximate surface area is 119 Å². The van der Waals surface area contributed by atoms with Crippen molar-refractivity contribution in [1.82, 2.24) is 5.32 Å². The molecule has 0 radical (unpaired) electrons. The van der Waals surface area contributed by atoms with Gasteiger partial charge in [0.2, 0.25) is 0 Å². The Kier molecular flexibility index (Phi) is 4.66. The number of nitrogens with one attached hydrogen (secondary N) is 1. The Morgan fingerprint density at radius 3 is 3.06 bits per heavy atom. The first-order valence-corrected chi connectivity index (χ1v) is 7.45. The molecule has 1 aliphatic heterocycles. The fourth-order valence-electron chi connectivity index (χ4n) is 3.07. The van der Waals surface area contributed by atoms with Gasteiger partial charge in [-0.25, -0.2) is 0 Å². The fourth-order valence-corrected chi connectivity index (χ4v) is 4.05. The van der Waals surface area contributed by atoms with Gasteiger partial charge in [0.1, 0.15) is 0 Å². The molecule has 1 fully saturated rings. The number of halogens is 1. The van der Waals surface area contributed by atoms with Crippen molar-refractivity contribution in [1.29, 1.82) is 0 Å². The highest BCUT2D eigenvalue weighted by atomic mass is 35.5. The second kappa shape index (κ2) is 6.05. The molecule has 2 unspecified atom stereocenters. The van der Waals surface area contributed by atoms with Crippen molar-refractivity contribution < 1.29 is 0 Å². The minimum atomic E-state index is 0. The lowest BCUT2D eigenvalue weighted by Gasteiger charge is -2.32. The number of thiophene rings is 1. The Morgan fingerprint density at radius 1 is 1.33 bits per heavy atom. The van der Waals surface area contributed by atoms with E-state index in [1.54, 1.807) is 5.56 Å². The third-order valence-electron chi connectivity index (χ3n) is 4.04. The lowest BCUT2D eigenvalue weighted by Crippen LogP contribution is -2.35. The number of hydrogen-bond donors (Lipinski definition) is 1. The lowest BCUT2D eigenvalue weighted by atomic mass is 9.79. The van der Waals surface area contributed by atoms with Gasteiger partial charge in [-0.15, -0.1) is 23.7 Å². The number of benzene rings is 1. The third kappa shape index (κ3) is 2.42. The normalized spacial score (nSPS) is 23.8. The molecule has 2 aromatic rings. The van der Waals surface area contributed by atoms with E-state index in [0.29, 0.717) is 0 Å². The molecule has 1 aromatic carbocycles. The second-order valence-electron chi connectivity index (χ2n) is 4.95. The van der Waals surface area contributed by atoms with Crippen LogP contribution in [-0.2, 0) is 0 Å². The summed E-state index contributed by atoms with van der Waals surface area (Å²) in [6.45, 7) is 4.67. The van der Waals surface area contributed by atoms with E-state index in [2.05, 4.69) is 41.9 Å². The number of rotatable bonds is 2. The van der Waals surface area contributed by atoms with Gasteiger partial charge in [-0.3, -0.25) is 0 Å². The van der Waals surface area contributed by atoms with Crippen LogP contribution in [-0.4, -0.2) is 13.1 Å². The molecule has 0 aliphatic carbocycles. The van der Waals surface area contributed by atoms with Crippen LogP contribution < -0.4 is 5.32 Å². The average molecular weight is 282 g/mol. The molecule has 1 aromatic heterocycles. The summed E-state index contributed by atoms with van der Waals surface area (Å²) in [6, 6.07) is 9.04. The highest BCUT2D eigenvalue weighted by Gasteiger charge is 2.26. The van der Waals surface area contributed by atoms with Crippen molar-refractivity contribution in [2.45, 2.75) is 25.7 Å². The van der Waals surface area contributed by atoms with Crippen molar-refractivity contribution >= 4 is 33.8 Å². The Hall–Kier alpha value is -0.570. The molecule has 0 spiro atoms. The van der Waals surface area contributed by atoms with Crippen LogP contribution in [0.4, 0.5) is 0 Å². The summed E-state index contributed by atoms with van der Waals surface area (Å²) >= 11 is 1.90. The van der Waals surface area contributed by atoms with Crippen molar-refractivity contribution in [2.24, 2.45) is 5.92 Å². The van der Waals surface area contributed by atoms with Crippen LogP contribution in [0.15, 0.2) is 29.6 Å². The molecule has 3 heteroatoms. The molecule has 18 heavy (non-hydrogen) atoms. The standard InChI is InChI=1S/C15H19NS.ClH/c1-2-11-10-16-8-6-13(11)14-5-3-4-12-7-9-17-15(12)14;/h3-5,7,9,11,13,16H,2,6,8,10H2,1H3;1H. The maximum absolute atomic E-state index is 3.53. The van der Waals surface area contributed by atoms with Crippen LogP contribution in [0.3, 0.4) is 0 Å². The maximum atomic E-state index is 3.53. The van der Waals surface area contributed by atoms with E-state index in [1.165, 1.54) is 36.0 Å². The largest absolute Gasteiger partial charge is 0.316 e. The van der Waals surface area contributed by atoms with Crippen LogP contribution in [0.1, 0.15) is 31.2 Å². The molecule has 1 nitrogen and oxygen atoms in total. The molecule has 3 rings (SSSR count). The first-order chi connectivity index (χ1) is 8.40. The first kappa shape index (κ1) is 13.9. The molecule has 0 amide bonds. The SMILES string of the molecule is CCC1CNCCC1c1cccc2ccsc12.Cl. The summed E-state index contributed by atoms with van der Waals surface area (Å²) in [5, 5.41) is 7.17. The molecule has 0 bridgehead atoms. The van der Waals surface area contributed by atoms with Gasteiger partial charge in [0, 0.05) is 4.70 Å². The molecular weight excluding hydrogens is 262 g/mol. The molecule has 98 valence electrons. The number of fused-ring (bicyclic) bond motifs is 1. The van der Waals surface area contributed by atoms with E-state index in [4.69, 9.17) is 0 Å². The molecule has 1 N–H and O–H groups in total. The van der Waals surface area contributed by atoms with Crippen LogP contribution in [0.25, 0.3) is 10.1 Å². The Bertz CT molecular complexity index is 508. The minimum absolute atomic E-state index is 0. The van der Waals surface area contributed by atoms with Crippen LogP contribution >= 0.6 is 23.7 Å². The van der Waals surface area contributed by atoms with Crippen molar-refractivity contribution in [3.05, 3.63) is 35.2 Å². The monoisotopic (exact) mass is 281 g/mol. The van der Waals surface area contributed by atoms with Gasteiger partial charge in [-0.1, -0.05) is 31.5 Å². The Balaban J connectivity index is 0.00000120. The van der Waals surface area contributed by atoms with E-state index in [1.807, 2.05) is 11.3 Å². The van der Waals surface area contributed by atoms with E-state index < -0.39 is 0 Å². The third-order valence-corrected chi connectivity index (χ3v) is 5.02. The molecule has 2 heterocycles. The Morgan fingerprint density at radius 2 is 2.22 bits per heavy atom. The number of piperidine rings is 1. The highest BCUT2D eigenvalue weighted by Crippen LogP contribution is 2.38. The molecule has 2 atom stereocenters. The van der Waals surface area contributed by atoms with Crippen molar-refractivity contribution in [2.75, 3.05) is 13.1 Å². The van der Waals surface area contributed by atoms with Gasteiger partial charge >= 0.3 is 0 Å². The molecule has 1 saturated heterocycles. The molecule has 0 saturated carbocycles. The average Bonchev–Trinajstić information content (AvgIpc) is 2.86. The summed E-state index contributed by atoms with van der Waals surface area (Å²) in [5.41, 5.74) is 1.59. The first-order valence-electron chi connectivity index (χ1n) is 6.57. The fraction of sp³-hybridized carbons (Fsp3) is 0.467. The number of hydrogen-bond acceptors (Lipinski definition) is 2. The lowest BCUT2D eigenvalue weighted by molar-refractivity contribution is 0.319. The summed E-state index contributed by atoms with van der Waals surface area (Å²) in [7, 11) is 0. The zero-order valence-corrected chi connectivity index (χ0v) is 12.3. The molecular formula is C15H20ClNS. The van der Waals surface area contributed by atoms with E-state index in [9.17, 15) is 0 Å². The van der Waals surface area contributed by atoms with E-state index in [0.717, 1.165) is 11.8 Å². The smallest absolute Gasteiger partial charge is 0.0377 e. The zero-order chi connectivity index (χ0) is 11.7. The van der Waals surface area contributed by atoms with Crippen LogP contribution in [0.2, 0.25) is 0 Å². The van der Waals surface area contributed by atoms with Gasteiger partial charge in [0.05, 0.1) is 0 Å². The van der Waals surface area contributed by atoms with Crippen LogP contribution in [0, 0.1) is 5.92 Å². The highest BCUT2D eigenvalue weighted by molar-refractivity contribution is 7.17. The second-order valence-corrected chi connectivity index (χ2v) is 5.87. The zero-order valence-electron chi connectivity index (χ0n) is 10.7. The summed E-state index contributed by atoms with van der Waals surface area (Å²) < 4.78 is 1.51. The van der Waals surface area contributed by atoms with Gasteiger partial charge < -0.3 is 5.32 Å². The summed E-state index contributed by atoms with van der Waals surface area (Å²) in [6.07, 6.45) is 2.56. The topological polar surface area (TPSA) is 12.0 Å². The van der Waals surface area contributed by atoms with Crippen LogP contribution in [0.5, 0.6) is 0 Å². The predicted molar refractivity (Wildman–Crippen MR) is 83.1 cm³/mol. The predicted octanol–water partition coefficient (Wildman–Crippen LogP) is 4.43. The summed E-state index contributed by atoms with van der Waals surface area (Å²) in [4.78, 5) is 0. The quantitative estimate of drug-likeness (QED) is 0.859. The van der Waals surface area contributed by atoms with E-state index in [-0.39, 0.29) is 12.4 Å². The van der Waals surface area contributed by atoms with Gasteiger partial charge in [0.15, 0.2) is 0 Å².